The first kappa shape index (κ1) is 21.6. The molecule has 2 amide bonds. The van der Waals surface area contributed by atoms with Gasteiger partial charge in [-0.05, 0) is 24.5 Å². The van der Waals surface area contributed by atoms with Crippen molar-refractivity contribution >= 4 is 23.3 Å². The van der Waals surface area contributed by atoms with Crippen molar-refractivity contribution in [2.24, 2.45) is 5.41 Å². The van der Waals surface area contributed by atoms with E-state index < -0.39 is 41.5 Å². The average Bonchev–Trinajstić information content (AvgIpc) is 2.96. The maximum atomic E-state index is 13.7. The molecule has 1 aliphatic carbocycles. The van der Waals surface area contributed by atoms with Crippen LogP contribution in [0.2, 0.25) is 0 Å². The summed E-state index contributed by atoms with van der Waals surface area (Å²) in [5.74, 6) is -5.77. The lowest BCUT2D eigenvalue weighted by atomic mass is 9.76. The number of rotatable bonds is 4. The molecular weight excluding hydrogens is 401 g/mol. The predicted octanol–water partition coefficient (Wildman–Crippen LogP) is 3.87. The van der Waals surface area contributed by atoms with E-state index in [1.54, 1.807) is 6.92 Å². The first-order chi connectivity index (χ1) is 13.9. The van der Waals surface area contributed by atoms with Crippen molar-refractivity contribution in [1.82, 2.24) is 4.90 Å². The number of hydrogen-bond donors (Lipinski definition) is 1. The summed E-state index contributed by atoms with van der Waals surface area (Å²) in [4.78, 5) is 38.4. The number of carbonyl (C=O) groups excluding carboxylic acids is 3. The van der Waals surface area contributed by atoms with E-state index in [9.17, 15) is 27.6 Å². The summed E-state index contributed by atoms with van der Waals surface area (Å²) in [7, 11) is 1.33. The van der Waals surface area contributed by atoms with Gasteiger partial charge in [0.05, 0.1) is 17.8 Å². The number of halogens is 3. The molecule has 1 aliphatic rings. The predicted molar refractivity (Wildman–Crippen MR) is 102 cm³/mol. The van der Waals surface area contributed by atoms with Crippen molar-refractivity contribution in [3.63, 3.8) is 0 Å². The molecule has 1 N–H and O–H groups in total. The Labute approximate surface area is 171 Å². The van der Waals surface area contributed by atoms with Gasteiger partial charge in [-0.15, -0.1) is 0 Å². The topological polar surface area (TPSA) is 79.6 Å². The fraction of sp³-hybridized carbons (Fsp3) is 0.381. The SMILES string of the molecule is Cc1c(C(=O)N(C)CC(=O)Nc2ccc(F)c(F)c2F)oc2c1C(=O)CC(C)(C)C2. The number of anilines is 1. The zero-order chi connectivity index (χ0) is 22.4. The monoisotopic (exact) mass is 422 g/mol. The summed E-state index contributed by atoms with van der Waals surface area (Å²) >= 11 is 0. The Balaban J connectivity index is 1.75. The number of fused-ring (bicyclic) bond motifs is 1. The summed E-state index contributed by atoms with van der Waals surface area (Å²) in [6.45, 7) is 4.97. The van der Waals surface area contributed by atoms with E-state index in [-0.39, 0.29) is 17.0 Å². The lowest BCUT2D eigenvalue weighted by molar-refractivity contribution is -0.116. The first-order valence-corrected chi connectivity index (χ1v) is 9.25. The van der Waals surface area contributed by atoms with E-state index in [1.807, 2.05) is 13.8 Å². The van der Waals surface area contributed by atoms with Crippen molar-refractivity contribution in [3.8, 4) is 0 Å². The van der Waals surface area contributed by atoms with Crippen LogP contribution in [-0.2, 0) is 11.2 Å². The molecule has 0 aliphatic heterocycles. The van der Waals surface area contributed by atoms with Gasteiger partial charge < -0.3 is 14.6 Å². The highest BCUT2D eigenvalue weighted by molar-refractivity contribution is 6.04. The molecule has 160 valence electrons. The molecule has 0 bridgehead atoms. The molecule has 30 heavy (non-hydrogen) atoms. The average molecular weight is 422 g/mol. The van der Waals surface area contributed by atoms with Gasteiger partial charge in [0, 0.05) is 25.5 Å². The number of furan rings is 1. The molecule has 6 nitrogen and oxygen atoms in total. The summed E-state index contributed by atoms with van der Waals surface area (Å²) < 4.78 is 45.7. The quantitative estimate of drug-likeness (QED) is 0.759. The Morgan fingerprint density at radius 1 is 1.17 bits per heavy atom. The van der Waals surface area contributed by atoms with Gasteiger partial charge in [0.1, 0.15) is 5.76 Å². The van der Waals surface area contributed by atoms with Crippen LogP contribution >= 0.6 is 0 Å². The number of hydrogen-bond acceptors (Lipinski definition) is 4. The van der Waals surface area contributed by atoms with Gasteiger partial charge in [-0.1, -0.05) is 13.8 Å². The van der Waals surface area contributed by atoms with E-state index in [0.29, 0.717) is 35.8 Å². The standard InChI is InChI=1S/C21H21F3N2O4/c1-10-16-13(27)7-21(2,3)8-14(16)30-19(10)20(29)26(4)9-15(28)25-12-6-5-11(22)17(23)18(12)24/h5-6H,7-9H2,1-4H3,(H,25,28). The second-order valence-electron chi connectivity index (χ2n) is 8.23. The van der Waals surface area contributed by atoms with E-state index in [2.05, 4.69) is 5.32 Å². The molecule has 2 aromatic rings. The zero-order valence-electron chi connectivity index (χ0n) is 17.0. The number of nitrogens with one attached hydrogen (secondary N) is 1. The molecule has 9 heteroatoms. The summed E-state index contributed by atoms with van der Waals surface area (Å²) in [6, 6.07) is 1.56. The Bertz CT molecular complexity index is 1060. The number of nitrogens with zero attached hydrogens (tertiary/aromatic N) is 1. The minimum atomic E-state index is -1.71. The number of carbonyl (C=O) groups is 3. The number of ketones is 1. The van der Waals surface area contributed by atoms with Crippen molar-refractivity contribution in [2.75, 3.05) is 18.9 Å². The molecule has 3 rings (SSSR count). The van der Waals surface area contributed by atoms with Gasteiger partial charge in [-0.3, -0.25) is 14.4 Å². The molecule has 0 spiro atoms. The van der Waals surface area contributed by atoms with Crippen molar-refractivity contribution in [3.05, 3.63) is 52.2 Å². The van der Waals surface area contributed by atoms with Gasteiger partial charge in [-0.25, -0.2) is 13.2 Å². The van der Waals surface area contributed by atoms with Crippen LogP contribution in [0, 0.1) is 29.8 Å². The molecule has 0 saturated heterocycles. The Hall–Kier alpha value is -3.10. The molecule has 0 unspecified atom stereocenters. The Morgan fingerprint density at radius 2 is 1.83 bits per heavy atom. The minimum absolute atomic E-state index is 0.0413. The third-order valence-corrected chi connectivity index (χ3v) is 5.01. The van der Waals surface area contributed by atoms with Crippen molar-refractivity contribution < 1.29 is 32.0 Å². The second kappa shape index (κ2) is 7.62. The highest BCUT2D eigenvalue weighted by atomic mass is 19.2. The summed E-state index contributed by atoms with van der Waals surface area (Å²) in [5.41, 5.74) is -0.0133. The maximum Gasteiger partial charge on any atom is 0.290 e. The Kier molecular flexibility index (Phi) is 5.49. The normalized spacial score (nSPS) is 15.0. The van der Waals surface area contributed by atoms with Crippen LogP contribution in [0.5, 0.6) is 0 Å². The van der Waals surface area contributed by atoms with Gasteiger partial charge in [0.15, 0.2) is 29.0 Å². The first-order valence-electron chi connectivity index (χ1n) is 9.25. The maximum absolute atomic E-state index is 13.7. The molecule has 1 aromatic carbocycles. The van der Waals surface area contributed by atoms with Crippen LogP contribution in [0.25, 0.3) is 0 Å². The Morgan fingerprint density at radius 3 is 2.50 bits per heavy atom. The lowest BCUT2D eigenvalue weighted by Crippen LogP contribution is -2.35. The molecular formula is C21H21F3N2O4. The number of amides is 2. The fourth-order valence-electron chi connectivity index (χ4n) is 3.56. The molecule has 0 atom stereocenters. The van der Waals surface area contributed by atoms with E-state index in [1.165, 1.54) is 7.05 Å². The van der Waals surface area contributed by atoms with Crippen molar-refractivity contribution in [1.29, 1.82) is 0 Å². The second-order valence-corrected chi connectivity index (χ2v) is 8.23. The van der Waals surface area contributed by atoms with Crippen LogP contribution in [0.15, 0.2) is 16.5 Å². The van der Waals surface area contributed by atoms with Crippen LogP contribution < -0.4 is 5.32 Å². The lowest BCUT2D eigenvalue weighted by Gasteiger charge is -2.27. The van der Waals surface area contributed by atoms with Crippen LogP contribution in [0.1, 0.15) is 52.5 Å². The van der Waals surface area contributed by atoms with Crippen LogP contribution in [0.4, 0.5) is 18.9 Å². The number of benzene rings is 1. The van der Waals surface area contributed by atoms with Crippen molar-refractivity contribution in [2.45, 2.75) is 33.6 Å². The van der Waals surface area contributed by atoms with Crippen LogP contribution in [0.3, 0.4) is 0 Å². The molecule has 0 saturated carbocycles. The third kappa shape index (κ3) is 3.96. The van der Waals surface area contributed by atoms with Gasteiger partial charge in [-0.2, -0.15) is 0 Å². The summed E-state index contributed by atoms with van der Waals surface area (Å²) in [5, 5.41) is 2.10. The highest BCUT2D eigenvalue weighted by Gasteiger charge is 2.37. The molecule has 0 radical (unpaired) electrons. The third-order valence-electron chi connectivity index (χ3n) is 5.01. The summed E-state index contributed by atoms with van der Waals surface area (Å²) in [6.07, 6.45) is 0.841. The van der Waals surface area contributed by atoms with E-state index in [4.69, 9.17) is 4.42 Å². The number of Topliss-reactive ketones (excluding diaryl/α,β-unsaturated/α-hetero) is 1. The van der Waals surface area contributed by atoms with Gasteiger partial charge in [0.25, 0.3) is 5.91 Å². The highest BCUT2D eigenvalue weighted by Crippen LogP contribution is 2.38. The van der Waals surface area contributed by atoms with Gasteiger partial charge >= 0.3 is 0 Å². The molecule has 1 heterocycles. The minimum Gasteiger partial charge on any atom is -0.455 e. The smallest absolute Gasteiger partial charge is 0.290 e. The largest absolute Gasteiger partial charge is 0.455 e. The van der Waals surface area contributed by atoms with Crippen LogP contribution in [-0.4, -0.2) is 36.1 Å². The van der Waals surface area contributed by atoms with E-state index in [0.717, 1.165) is 11.0 Å². The fourth-order valence-corrected chi connectivity index (χ4v) is 3.56. The molecule has 1 aromatic heterocycles. The van der Waals surface area contributed by atoms with Gasteiger partial charge in [0.2, 0.25) is 5.91 Å². The number of likely N-dealkylation sites (N-methyl/N-ethyl adjacent to an activating group) is 1. The van der Waals surface area contributed by atoms with E-state index >= 15 is 0 Å². The molecule has 0 fully saturated rings. The zero-order valence-corrected chi connectivity index (χ0v) is 17.0.